The van der Waals surface area contributed by atoms with Gasteiger partial charge in [-0.3, -0.25) is 4.79 Å². The molecule has 4 nitrogen and oxygen atoms in total. The normalized spacial score (nSPS) is 15.2. The zero-order chi connectivity index (χ0) is 19.0. The smallest absolute Gasteiger partial charge is 0.235 e. The number of aromatic nitrogens is 1. The van der Waals surface area contributed by atoms with Crippen LogP contribution < -0.4 is 5.32 Å². The van der Waals surface area contributed by atoms with Crippen molar-refractivity contribution in [2.45, 2.75) is 38.5 Å². The number of amides is 1. The second kappa shape index (κ2) is 6.86. The van der Waals surface area contributed by atoms with Gasteiger partial charge in [0.2, 0.25) is 11.8 Å². The zero-order valence-corrected chi connectivity index (χ0v) is 16.1. The molecule has 0 radical (unpaired) electrons. The number of nitrogens with one attached hydrogen (secondary N) is 1. The van der Waals surface area contributed by atoms with E-state index in [1.807, 2.05) is 62.4 Å². The molecule has 1 aromatic heterocycles. The van der Waals surface area contributed by atoms with Gasteiger partial charge in [0.05, 0.1) is 11.1 Å². The molecule has 0 aliphatic heterocycles. The maximum absolute atomic E-state index is 13.1. The number of benzene rings is 2. The van der Waals surface area contributed by atoms with Crippen LogP contribution in [-0.2, 0) is 10.2 Å². The van der Waals surface area contributed by atoms with Crippen LogP contribution in [0, 0.1) is 13.8 Å². The van der Waals surface area contributed by atoms with Crippen molar-refractivity contribution >= 4 is 23.2 Å². The zero-order valence-electron chi connectivity index (χ0n) is 15.4. The van der Waals surface area contributed by atoms with Crippen molar-refractivity contribution in [2.75, 3.05) is 5.32 Å². The van der Waals surface area contributed by atoms with E-state index in [4.69, 9.17) is 16.0 Å². The Morgan fingerprint density at radius 2 is 1.89 bits per heavy atom. The molecule has 138 valence electrons. The maximum atomic E-state index is 13.1. The largest absolute Gasteiger partial charge is 0.441 e. The van der Waals surface area contributed by atoms with Crippen LogP contribution in [0.2, 0.25) is 5.02 Å². The highest BCUT2D eigenvalue weighted by molar-refractivity contribution is 6.30. The summed E-state index contributed by atoms with van der Waals surface area (Å²) in [7, 11) is 0. The fourth-order valence-corrected chi connectivity index (χ4v) is 3.65. The molecule has 0 bridgehead atoms. The van der Waals surface area contributed by atoms with Gasteiger partial charge >= 0.3 is 0 Å². The summed E-state index contributed by atoms with van der Waals surface area (Å²) in [5.74, 6) is 1.39. The van der Waals surface area contributed by atoms with E-state index < -0.39 is 5.41 Å². The molecule has 1 saturated carbocycles. The Hall–Kier alpha value is -2.59. The number of aryl methyl sites for hydroxylation is 2. The van der Waals surface area contributed by atoms with Crippen LogP contribution in [0.15, 0.2) is 52.9 Å². The molecular weight excluding hydrogens is 360 g/mol. The molecule has 1 aliphatic rings. The van der Waals surface area contributed by atoms with Crippen LogP contribution in [0.25, 0.3) is 11.5 Å². The number of hydrogen-bond donors (Lipinski definition) is 1. The lowest BCUT2D eigenvalue weighted by Gasteiger charge is -2.40. The number of halogens is 1. The summed E-state index contributed by atoms with van der Waals surface area (Å²) in [6, 6.07) is 15.2. The van der Waals surface area contributed by atoms with E-state index in [9.17, 15) is 4.79 Å². The van der Waals surface area contributed by atoms with Gasteiger partial charge in [-0.2, -0.15) is 0 Å². The van der Waals surface area contributed by atoms with Gasteiger partial charge in [-0.25, -0.2) is 4.98 Å². The second-order valence-corrected chi connectivity index (χ2v) is 7.57. The molecule has 5 heteroatoms. The quantitative estimate of drug-likeness (QED) is 0.634. The van der Waals surface area contributed by atoms with Crippen molar-refractivity contribution in [3.8, 4) is 11.5 Å². The average Bonchev–Trinajstić information content (AvgIpc) is 2.95. The van der Waals surface area contributed by atoms with Crippen LogP contribution >= 0.6 is 11.6 Å². The monoisotopic (exact) mass is 380 g/mol. The summed E-state index contributed by atoms with van der Waals surface area (Å²) in [5.41, 5.74) is 3.00. The van der Waals surface area contributed by atoms with Gasteiger partial charge in [0.15, 0.2) is 0 Å². The summed E-state index contributed by atoms with van der Waals surface area (Å²) in [6.07, 6.45) is 2.74. The summed E-state index contributed by atoms with van der Waals surface area (Å²) in [4.78, 5) is 17.6. The fourth-order valence-electron chi connectivity index (χ4n) is 3.52. The lowest BCUT2D eigenvalue weighted by atomic mass is 9.64. The van der Waals surface area contributed by atoms with E-state index in [1.165, 1.54) is 0 Å². The maximum Gasteiger partial charge on any atom is 0.235 e. The van der Waals surface area contributed by atoms with Crippen LogP contribution in [0.4, 0.5) is 5.69 Å². The minimum absolute atomic E-state index is 0.0213. The second-order valence-electron chi connectivity index (χ2n) is 7.14. The van der Waals surface area contributed by atoms with Gasteiger partial charge in [-0.1, -0.05) is 36.2 Å². The van der Waals surface area contributed by atoms with Crippen molar-refractivity contribution in [1.82, 2.24) is 4.98 Å². The third kappa shape index (κ3) is 3.26. The first-order chi connectivity index (χ1) is 13.0. The highest BCUT2D eigenvalue weighted by atomic mass is 35.5. The molecule has 27 heavy (non-hydrogen) atoms. The Bertz CT molecular complexity index is 968. The minimum atomic E-state index is -0.475. The SMILES string of the molecule is Cc1nc(-c2cccc(NC(=O)C3(c4ccc(Cl)cc4)CCC3)c2)oc1C. The van der Waals surface area contributed by atoms with Crippen LogP contribution in [0.5, 0.6) is 0 Å². The first-order valence-electron chi connectivity index (χ1n) is 9.10. The Morgan fingerprint density at radius 3 is 2.48 bits per heavy atom. The third-order valence-corrected chi connectivity index (χ3v) is 5.69. The van der Waals surface area contributed by atoms with E-state index in [-0.39, 0.29) is 5.91 Å². The van der Waals surface area contributed by atoms with Crippen molar-refractivity contribution in [2.24, 2.45) is 0 Å². The first-order valence-corrected chi connectivity index (χ1v) is 9.48. The Kier molecular flexibility index (Phi) is 4.52. The topological polar surface area (TPSA) is 55.1 Å². The van der Waals surface area contributed by atoms with E-state index in [1.54, 1.807) is 0 Å². The van der Waals surface area contributed by atoms with Gasteiger partial charge in [0.1, 0.15) is 5.76 Å². The number of oxazole rings is 1. The molecule has 4 rings (SSSR count). The molecule has 0 saturated heterocycles. The van der Waals surface area contributed by atoms with E-state index in [0.717, 1.165) is 47.5 Å². The number of rotatable bonds is 4. The molecule has 1 N–H and O–H groups in total. The van der Waals surface area contributed by atoms with E-state index in [2.05, 4.69) is 10.3 Å². The van der Waals surface area contributed by atoms with E-state index >= 15 is 0 Å². The molecule has 0 unspecified atom stereocenters. The van der Waals surface area contributed by atoms with Crippen LogP contribution in [-0.4, -0.2) is 10.9 Å². The number of carbonyl (C=O) groups is 1. The van der Waals surface area contributed by atoms with Gasteiger partial charge in [0.25, 0.3) is 0 Å². The molecule has 1 heterocycles. The summed E-state index contributed by atoms with van der Waals surface area (Å²) in [5, 5.41) is 3.77. The van der Waals surface area contributed by atoms with Gasteiger partial charge in [-0.15, -0.1) is 0 Å². The number of nitrogens with zero attached hydrogens (tertiary/aromatic N) is 1. The lowest BCUT2D eigenvalue weighted by Crippen LogP contribution is -2.46. The van der Waals surface area contributed by atoms with Gasteiger partial charge in [0, 0.05) is 16.3 Å². The lowest BCUT2D eigenvalue weighted by molar-refractivity contribution is -0.124. The average molecular weight is 381 g/mol. The van der Waals surface area contributed by atoms with Crippen molar-refractivity contribution in [3.05, 3.63) is 70.6 Å². The third-order valence-electron chi connectivity index (χ3n) is 5.43. The Morgan fingerprint density at radius 1 is 1.15 bits per heavy atom. The highest BCUT2D eigenvalue weighted by Gasteiger charge is 2.45. The molecule has 1 aliphatic carbocycles. The predicted octanol–water partition coefficient (Wildman–Crippen LogP) is 5.67. The van der Waals surface area contributed by atoms with Crippen LogP contribution in [0.1, 0.15) is 36.3 Å². The van der Waals surface area contributed by atoms with E-state index in [0.29, 0.717) is 10.9 Å². The summed E-state index contributed by atoms with van der Waals surface area (Å²) < 4.78 is 5.70. The molecule has 1 fully saturated rings. The van der Waals surface area contributed by atoms with Crippen molar-refractivity contribution < 1.29 is 9.21 Å². The molecule has 3 aromatic rings. The molecule has 0 spiro atoms. The number of carbonyl (C=O) groups excluding carboxylic acids is 1. The number of anilines is 1. The van der Waals surface area contributed by atoms with Gasteiger partial charge in [-0.05, 0) is 62.6 Å². The fraction of sp³-hybridized carbons (Fsp3) is 0.273. The molecule has 0 atom stereocenters. The summed E-state index contributed by atoms with van der Waals surface area (Å²) >= 11 is 6.01. The molecular formula is C22H21ClN2O2. The molecule has 1 amide bonds. The number of hydrogen-bond acceptors (Lipinski definition) is 3. The molecule has 2 aromatic carbocycles. The first kappa shape index (κ1) is 17.8. The standard InChI is InChI=1S/C22H21ClN2O2/c1-14-15(2)27-20(24-14)16-5-3-6-19(13-16)25-21(26)22(11-4-12-22)17-7-9-18(23)10-8-17/h3,5-10,13H,4,11-12H2,1-2H3,(H,25,26). The minimum Gasteiger partial charge on any atom is -0.441 e. The Balaban J connectivity index is 1.59. The van der Waals surface area contributed by atoms with Crippen LogP contribution in [0.3, 0.4) is 0 Å². The van der Waals surface area contributed by atoms with Crippen molar-refractivity contribution in [1.29, 1.82) is 0 Å². The predicted molar refractivity (Wildman–Crippen MR) is 107 cm³/mol. The highest BCUT2D eigenvalue weighted by Crippen LogP contribution is 2.45. The van der Waals surface area contributed by atoms with Gasteiger partial charge < -0.3 is 9.73 Å². The van der Waals surface area contributed by atoms with Crippen molar-refractivity contribution in [3.63, 3.8) is 0 Å². The summed E-state index contributed by atoms with van der Waals surface area (Å²) in [6.45, 7) is 3.81. The Labute approximate surface area is 163 Å².